The number of esters is 1. The van der Waals surface area contributed by atoms with Crippen LogP contribution in [0, 0.1) is 0 Å². The van der Waals surface area contributed by atoms with Gasteiger partial charge in [-0.2, -0.15) is 0 Å². The third-order valence-corrected chi connectivity index (χ3v) is 2.05. The second kappa shape index (κ2) is 5.44. The Hall–Kier alpha value is -0.290. The minimum atomic E-state index is -0.320. The van der Waals surface area contributed by atoms with Crippen molar-refractivity contribution in [3.63, 3.8) is 0 Å². The summed E-state index contributed by atoms with van der Waals surface area (Å²) in [6.45, 7) is 0.436. The van der Waals surface area contributed by atoms with E-state index in [2.05, 4.69) is 22.6 Å². The van der Waals surface area contributed by atoms with Gasteiger partial charge in [0, 0.05) is 9.45 Å². The standard InChI is InChI=1S/C9H8ClIO2/c10-8-3-1-2-7(6-8)9(12)13-5-4-11/h1-3,6H,4-5H2. The van der Waals surface area contributed by atoms with Crippen molar-refractivity contribution >= 4 is 40.2 Å². The molecule has 0 saturated heterocycles. The van der Waals surface area contributed by atoms with Gasteiger partial charge in [-0.15, -0.1) is 0 Å². The molecular formula is C9H8ClIO2. The SMILES string of the molecule is O=C(OCCI)c1cccc(Cl)c1. The van der Waals surface area contributed by atoms with E-state index < -0.39 is 0 Å². The smallest absolute Gasteiger partial charge is 0.338 e. The van der Waals surface area contributed by atoms with Gasteiger partial charge < -0.3 is 4.74 Å². The predicted molar refractivity (Wildman–Crippen MR) is 60.6 cm³/mol. The van der Waals surface area contributed by atoms with Crippen molar-refractivity contribution in [1.82, 2.24) is 0 Å². The molecule has 1 aromatic rings. The van der Waals surface area contributed by atoms with Crippen LogP contribution < -0.4 is 0 Å². The maximum Gasteiger partial charge on any atom is 0.338 e. The van der Waals surface area contributed by atoms with Gasteiger partial charge in [0.2, 0.25) is 0 Å². The van der Waals surface area contributed by atoms with E-state index >= 15 is 0 Å². The predicted octanol–water partition coefficient (Wildman–Crippen LogP) is 2.93. The average Bonchev–Trinajstić information content (AvgIpc) is 2.14. The number of carbonyl (C=O) groups excluding carboxylic acids is 1. The second-order valence-corrected chi connectivity index (χ2v) is 3.85. The number of ether oxygens (including phenoxy) is 1. The largest absolute Gasteiger partial charge is 0.461 e. The lowest BCUT2D eigenvalue weighted by atomic mass is 10.2. The van der Waals surface area contributed by atoms with Crippen LogP contribution in [0.4, 0.5) is 0 Å². The fourth-order valence-corrected chi connectivity index (χ4v) is 1.24. The molecule has 70 valence electrons. The number of carbonyl (C=O) groups is 1. The molecule has 0 amide bonds. The molecule has 0 aliphatic rings. The molecule has 0 aliphatic carbocycles. The number of halogens is 2. The molecule has 0 aromatic heterocycles. The number of alkyl halides is 1. The van der Waals surface area contributed by atoms with Crippen LogP contribution >= 0.6 is 34.2 Å². The summed E-state index contributed by atoms with van der Waals surface area (Å²) in [6.07, 6.45) is 0. The molecule has 0 bridgehead atoms. The highest BCUT2D eigenvalue weighted by Gasteiger charge is 2.05. The van der Waals surface area contributed by atoms with E-state index in [0.29, 0.717) is 17.2 Å². The first kappa shape index (κ1) is 10.8. The number of benzene rings is 1. The van der Waals surface area contributed by atoms with Gasteiger partial charge in [-0.3, -0.25) is 0 Å². The van der Waals surface area contributed by atoms with Crippen molar-refractivity contribution in [2.45, 2.75) is 0 Å². The molecule has 0 fully saturated rings. The second-order valence-electron chi connectivity index (χ2n) is 2.34. The Kier molecular flexibility index (Phi) is 4.52. The van der Waals surface area contributed by atoms with E-state index in [1.807, 2.05) is 0 Å². The van der Waals surface area contributed by atoms with Gasteiger partial charge in [0.1, 0.15) is 6.61 Å². The van der Waals surface area contributed by atoms with E-state index in [0.717, 1.165) is 4.43 Å². The number of hydrogen-bond donors (Lipinski definition) is 0. The normalized spacial score (nSPS) is 9.69. The lowest BCUT2D eigenvalue weighted by Gasteiger charge is -2.02. The zero-order valence-electron chi connectivity index (χ0n) is 6.80. The van der Waals surface area contributed by atoms with E-state index in [9.17, 15) is 4.79 Å². The Bertz CT molecular complexity index is 301. The average molecular weight is 311 g/mol. The molecule has 0 N–H and O–H groups in total. The van der Waals surface area contributed by atoms with Gasteiger partial charge in [0.05, 0.1) is 5.56 Å². The van der Waals surface area contributed by atoms with Gasteiger partial charge in [-0.05, 0) is 18.2 Å². The first-order valence-electron chi connectivity index (χ1n) is 3.72. The van der Waals surface area contributed by atoms with Crippen LogP contribution in [0.2, 0.25) is 5.02 Å². The summed E-state index contributed by atoms with van der Waals surface area (Å²) < 4.78 is 5.72. The number of rotatable bonds is 3. The van der Waals surface area contributed by atoms with Crippen LogP contribution in [0.25, 0.3) is 0 Å². The molecular weight excluding hydrogens is 302 g/mol. The topological polar surface area (TPSA) is 26.3 Å². The Morgan fingerprint density at radius 3 is 2.92 bits per heavy atom. The van der Waals surface area contributed by atoms with Gasteiger partial charge in [-0.1, -0.05) is 40.3 Å². The summed E-state index contributed by atoms with van der Waals surface area (Å²) in [5.41, 5.74) is 0.498. The van der Waals surface area contributed by atoms with Crippen molar-refractivity contribution in [2.24, 2.45) is 0 Å². The first-order chi connectivity index (χ1) is 6.24. The molecule has 0 unspecified atom stereocenters. The molecule has 0 radical (unpaired) electrons. The molecule has 4 heteroatoms. The van der Waals surface area contributed by atoms with Crippen molar-refractivity contribution in [3.8, 4) is 0 Å². The fraction of sp³-hybridized carbons (Fsp3) is 0.222. The summed E-state index contributed by atoms with van der Waals surface area (Å²) in [7, 11) is 0. The van der Waals surface area contributed by atoms with Gasteiger partial charge in [0.15, 0.2) is 0 Å². The highest BCUT2D eigenvalue weighted by molar-refractivity contribution is 14.1. The third-order valence-electron chi connectivity index (χ3n) is 1.37. The quantitative estimate of drug-likeness (QED) is 0.487. The van der Waals surface area contributed by atoms with Crippen molar-refractivity contribution in [2.75, 3.05) is 11.0 Å². The van der Waals surface area contributed by atoms with Gasteiger partial charge in [-0.25, -0.2) is 4.79 Å². The maximum atomic E-state index is 11.3. The van der Waals surface area contributed by atoms with Crippen LogP contribution in [0.3, 0.4) is 0 Å². The molecule has 1 aromatic carbocycles. The van der Waals surface area contributed by atoms with Gasteiger partial charge >= 0.3 is 5.97 Å². The Labute approximate surface area is 95.4 Å². The summed E-state index contributed by atoms with van der Waals surface area (Å²) in [6, 6.07) is 6.72. The van der Waals surface area contributed by atoms with E-state index in [4.69, 9.17) is 16.3 Å². The summed E-state index contributed by atoms with van der Waals surface area (Å²) in [5, 5.41) is 0.545. The molecule has 0 saturated carbocycles. The van der Waals surface area contributed by atoms with Crippen LogP contribution in [0.1, 0.15) is 10.4 Å². The summed E-state index contributed by atoms with van der Waals surface area (Å²) in [5.74, 6) is -0.320. The van der Waals surface area contributed by atoms with Crippen LogP contribution in [-0.4, -0.2) is 17.0 Å². The van der Waals surface area contributed by atoms with Crippen molar-refractivity contribution < 1.29 is 9.53 Å². The number of hydrogen-bond acceptors (Lipinski definition) is 2. The van der Waals surface area contributed by atoms with Crippen LogP contribution in [0.15, 0.2) is 24.3 Å². The minimum absolute atomic E-state index is 0.320. The van der Waals surface area contributed by atoms with E-state index in [-0.39, 0.29) is 5.97 Å². The highest BCUT2D eigenvalue weighted by Crippen LogP contribution is 2.11. The molecule has 0 spiro atoms. The molecule has 13 heavy (non-hydrogen) atoms. The van der Waals surface area contributed by atoms with Gasteiger partial charge in [0.25, 0.3) is 0 Å². The minimum Gasteiger partial charge on any atom is -0.461 e. The Morgan fingerprint density at radius 1 is 1.54 bits per heavy atom. The summed E-state index contributed by atoms with van der Waals surface area (Å²) in [4.78, 5) is 11.3. The molecule has 0 atom stereocenters. The molecule has 0 heterocycles. The van der Waals surface area contributed by atoms with Crippen LogP contribution in [-0.2, 0) is 4.74 Å². The lowest BCUT2D eigenvalue weighted by molar-refractivity contribution is 0.0533. The van der Waals surface area contributed by atoms with E-state index in [1.54, 1.807) is 24.3 Å². The maximum absolute atomic E-state index is 11.3. The zero-order chi connectivity index (χ0) is 9.68. The lowest BCUT2D eigenvalue weighted by Crippen LogP contribution is -2.06. The van der Waals surface area contributed by atoms with Crippen LogP contribution in [0.5, 0.6) is 0 Å². The highest BCUT2D eigenvalue weighted by atomic mass is 127. The molecule has 0 aliphatic heterocycles. The summed E-state index contributed by atoms with van der Waals surface area (Å²) >= 11 is 7.86. The fourth-order valence-electron chi connectivity index (χ4n) is 0.830. The Morgan fingerprint density at radius 2 is 2.31 bits per heavy atom. The first-order valence-corrected chi connectivity index (χ1v) is 5.63. The van der Waals surface area contributed by atoms with Crippen molar-refractivity contribution in [3.05, 3.63) is 34.9 Å². The Balaban J connectivity index is 2.66. The third kappa shape index (κ3) is 3.52. The molecule has 1 rings (SSSR count). The van der Waals surface area contributed by atoms with Crippen molar-refractivity contribution in [1.29, 1.82) is 0 Å². The van der Waals surface area contributed by atoms with E-state index in [1.165, 1.54) is 0 Å². The monoisotopic (exact) mass is 310 g/mol. The zero-order valence-corrected chi connectivity index (χ0v) is 9.71. The molecule has 2 nitrogen and oxygen atoms in total.